The first-order chi connectivity index (χ1) is 19.1. The van der Waals surface area contributed by atoms with Crippen molar-refractivity contribution in [2.75, 3.05) is 13.1 Å². The number of rotatable bonds is 4. The summed E-state index contributed by atoms with van der Waals surface area (Å²) in [5, 5.41) is 13.1. The number of aromatic nitrogens is 4. The third-order valence-electron chi connectivity index (χ3n) is 6.82. The number of hydrogen-bond acceptors (Lipinski definition) is 6. The van der Waals surface area contributed by atoms with Crippen LogP contribution in [0, 0.1) is 12.8 Å². The van der Waals surface area contributed by atoms with Gasteiger partial charge in [-0.1, -0.05) is 44.2 Å². The minimum atomic E-state index is -0.833. The lowest BCUT2D eigenvalue weighted by Gasteiger charge is -2.31. The quantitative estimate of drug-likeness (QED) is 0.383. The van der Waals surface area contributed by atoms with Gasteiger partial charge < -0.3 is 25.8 Å². The summed E-state index contributed by atoms with van der Waals surface area (Å²) < 4.78 is 1.45. The van der Waals surface area contributed by atoms with E-state index in [9.17, 15) is 19.2 Å². The highest BCUT2D eigenvalue weighted by Crippen LogP contribution is 2.19. The Hall–Kier alpha value is -4.48. The second-order valence-corrected chi connectivity index (χ2v) is 10.4. The lowest BCUT2D eigenvalue weighted by Crippen LogP contribution is -2.54. The molecule has 0 fully saturated rings. The summed E-state index contributed by atoms with van der Waals surface area (Å²) in [6.45, 7) is 6.82. The lowest BCUT2D eigenvalue weighted by atomic mass is 10.0. The SMILES string of the molecule is Cc1nc2n(n1)CC(=O)N[C@H](C)C(=O)N[C@@H](C(C)C)CN(C(=O)c1cc[nH]c1)CC(=O)N[C@H]2Cc1ccccc1. The van der Waals surface area contributed by atoms with Crippen LogP contribution in [0.2, 0.25) is 0 Å². The first-order valence-electron chi connectivity index (χ1n) is 13.4. The monoisotopic (exact) mass is 548 g/mol. The Balaban J connectivity index is 1.73. The van der Waals surface area contributed by atoms with Crippen molar-refractivity contribution in [2.24, 2.45) is 5.92 Å². The number of H-pyrrole nitrogens is 1. The van der Waals surface area contributed by atoms with E-state index in [1.807, 2.05) is 44.2 Å². The van der Waals surface area contributed by atoms with Gasteiger partial charge in [0.05, 0.1) is 18.2 Å². The molecule has 40 heavy (non-hydrogen) atoms. The lowest BCUT2D eigenvalue weighted by molar-refractivity contribution is -0.129. The highest BCUT2D eigenvalue weighted by Gasteiger charge is 2.30. The Labute approximate surface area is 232 Å². The number of nitrogens with one attached hydrogen (secondary N) is 4. The maximum absolute atomic E-state index is 13.5. The molecule has 3 aromatic rings. The van der Waals surface area contributed by atoms with Crippen LogP contribution in [-0.2, 0) is 27.3 Å². The molecule has 0 spiro atoms. The highest BCUT2D eigenvalue weighted by molar-refractivity contribution is 5.96. The molecule has 212 valence electrons. The van der Waals surface area contributed by atoms with Crippen LogP contribution in [0.15, 0.2) is 48.8 Å². The van der Waals surface area contributed by atoms with Crippen LogP contribution in [0.25, 0.3) is 0 Å². The number of aromatic amines is 1. The van der Waals surface area contributed by atoms with Crippen molar-refractivity contribution in [1.82, 2.24) is 40.6 Å². The van der Waals surface area contributed by atoms with Crippen molar-refractivity contribution in [1.29, 1.82) is 0 Å². The van der Waals surface area contributed by atoms with E-state index in [-0.39, 0.29) is 31.5 Å². The molecule has 0 saturated carbocycles. The normalized spacial score (nSPS) is 21.1. The summed E-state index contributed by atoms with van der Waals surface area (Å²) >= 11 is 0. The standard InChI is InChI=1S/C28H36N8O4/c1-17(2)23-14-35(28(40)21-10-11-29-13-21)15-24(37)32-22(12-20-8-6-5-7-9-20)26-31-19(4)34-36(26)16-25(38)30-18(3)27(39)33-23/h5-11,13,17-18,22-23,29H,12,14-16H2,1-4H3,(H,30,38)(H,32,37)(H,33,39)/t18-,22+,23-/m1/s1. The third-order valence-corrected chi connectivity index (χ3v) is 6.82. The number of carbonyl (C=O) groups is 4. The highest BCUT2D eigenvalue weighted by atomic mass is 16.2. The number of amides is 4. The van der Waals surface area contributed by atoms with E-state index in [1.165, 1.54) is 9.58 Å². The maximum atomic E-state index is 13.5. The van der Waals surface area contributed by atoms with Crippen molar-refractivity contribution in [3.05, 3.63) is 71.6 Å². The largest absolute Gasteiger partial charge is 0.367 e. The van der Waals surface area contributed by atoms with Crippen LogP contribution in [0.5, 0.6) is 0 Å². The van der Waals surface area contributed by atoms with Crippen LogP contribution < -0.4 is 16.0 Å². The van der Waals surface area contributed by atoms with Gasteiger partial charge in [-0.05, 0) is 37.8 Å². The maximum Gasteiger partial charge on any atom is 0.255 e. The van der Waals surface area contributed by atoms with Crippen LogP contribution in [0.3, 0.4) is 0 Å². The minimum Gasteiger partial charge on any atom is -0.367 e. The van der Waals surface area contributed by atoms with E-state index in [0.717, 1.165) is 5.56 Å². The zero-order valence-corrected chi connectivity index (χ0v) is 23.2. The van der Waals surface area contributed by atoms with E-state index in [2.05, 4.69) is 31.0 Å². The van der Waals surface area contributed by atoms with Crippen molar-refractivity contribution in [2.45, 2.75) is 58.8 Å². The number of benzene rings is 1. The van der Waals surface area contributed by atoms with Crippen molar-refractivity contribution >= 4 is 23.6 Å². The molecule has 3 atom stereocenters. The molecule has 12 heteroatoms. The van der Waals surface area contributed by atoms with Crippen LogP contribution in [0.4, 0.5) is 0 Å². The molecule has 0 saturated heterocycles. The van der Waals surface area contributed by atoms with E-state index >= 15 is 0 Å². The van der Waals surface area contributed by atoms with Gasteiger partial charge in [0.1, 0.15) is 18.4 Å². The second-order valence-electron chi connectivity index (χ2n) is 10.4. The molecule has 0 unspecified atom stereocenters. The average Bonchev–Trinajstić information content (AvgIpc) is 3.56. The van der Waals surface area contributed by atoms with Gasteiger partial charge in [-0.15, -0.1) is 0 Å². The van der Waals surface area contributed by atoms with Gasteiger partial charge in [0, 0.05) is 25.0 Å². The molecule has 1 aliphatic heterocycles. The Kier molecular flexibility index (Phi) is 8.97. The molecular weight excluding hydrogens is 512 g/mol. The molecule has 3 heterocycles. The number of fused-ring (bicyclic) bond motifs is 1. The van der Waals surface area contributed by atoms with E-state index in [0.29, 0.717) is 23.6 Å². The predicted molar refractivity (Wildman–Crippen MR) is 147 cm³/mol. The number of aryl methyl sites for hydroxylation is 1. The Morgan fingerprint density at radius 3 is 2.42 bits per heavy atom. The van der Waals surface area contributed by atoms with Gasteiger partial charge in [0.15, 0.2) is 5.82 Å². The smallest absolute Gasteiger partial charge is 0.255 e. The fraction of sp³-hybridized carbons (Fsp3) is 0.429. The number of hydrogen-bond donors (Lipinski definition) is 4. The molecule has 1 aliphatic rings. The predicted octanol–water partition coefficient (Wildman–Crippen LogP) is 1.12. The van der Waals surface area contributed by atoms with Gasteiger partial charge in [0.25, 0.3) is 5.91 Å². The van der Waals surface area contributed by atoms with Crippen molar-refractivity contribution in [3.8, 4) is 0 Å². The first kappa shape index (κ1) is 28.5. The fourth-order valence-corrected chi connectivity index (χ4v) is 4.63. The average molecular weight is 549 g/mol. The van der Waals surface area contributed by atoms with E-state index in [1.54, 1.807) is 32.3 Å². The Morgan fingerprint density at radius 1 is 1.02 bits per heavy atom. The van der Waals surface area contributed by atoms with Gasteiger partial charge in [0.2, 0.25) is 17.7 Å². The van der Waals surface area contributed by atoms with Gasteiger partial charge >= 0.3 is 0 Å². The molecule has 0 radical (unpaired) electrons. The number of carbonyl (C=O) groups excluding carboxylic acids is 4. The summed E-state index contributed by atoms with van der Waals surface area (Å²) in [7, 11) is 0. The fourth-order valence-electron chi connectivity index (χ4n) is 4.63. The molecule has 2 aromatic heterocycles. The molecule has 0 aliphatic carbocycles. The molecule has 4 rings (SSSR count). The Morgan fingerprint density at radius 2 is 1.75 bits per heavy atom. The number of nitrogens with zero attached hydrogens (tertiary/aromatic N) is 4. The summed E-state index contributed by atoms with van der Waals surface area (Å²) in [5.74, 6) is -0.781. The van der Waals surface area contributed by atoms with Crippen LogP contribution in [-0.4, -0.2) is 73.5 Å². The second kappa shape index (κ2) is 12.6. The molecule has 4 amide bonds. The Bertz CT molecular complexity index is 1340. The molecule has 0 bridgehead atoms. The van der Waals surface area contributed by atoms with Crippen molar-refractivity contribution in [3.63, 3.8) is 0 Å². The van der Waals surface area contributed by atoms with Gasteiger partial charge in [-0.25, -0.2) is 9.67 Å². The van der Waals surface area contributed by atoms with Gasteiger partial charge in [-0.2, -0.15) is 5.10 Å². The zero-order valence-electron chi connectivity index (χ0n) is 23.2. The molecule has 12 nitrogen and oxygen atoms in total. The van der Waals surface area contributed by atoms with Crippen molar-refractivity contribution < 1.29 is 19.2 Å². The summed E-state index contributed by atoms with van der Waals surface area (Å²) in [4.78, 5) is 61.8. The summed E-state index contributed by atoms with van der Waals surface area (Å²) in [6.07, 6.45) is 3.60. The first-order valence-corrected chi connectivity index (χ1v) is 13.4. The summed E-state index contributed by atoms with van der Waals surface area (Å²) in [6, 6.07) is 9.31. The van der Waals surface area contributed by atoms with E-state index < -0.39 is 35.8 Å². The van der Waals surface area contributed by atoms with Gasteiger partial charge in [-0.3, -0.25) is 19.2 Å². The third kappa shape index (κ3) is 7.13. The molecular formula is C28H36N8O4. The zero-order chi connectivity index (χ0) is 28.8. The molecule has 4 N–H and O–H groups in total. The van der Waals surface area contributed by atoms with Crippen LogP contribution in [0.1, 0.15) is 54.4 Å². The summed E-state index contributed by atoms with van der Waals surface area (Å²) in [5.41, 5.74) is 1.35. The topological polar surface area (TPSA) is 154 Å². The van der Waals surface area contributed by atoms with E-state index in [4.69, 9.17) is 0 Å². The van der Waals surface area contributed by atoms with Crippen LogP contribution >= 0.6 is 0 Å². The minimum absolute atomic E-state index is 0.0601. The molecule has 1 aromatic carbocycles.